The van der Waals surface area contributed by atoms with Gasteiger partial charge in [-0.25, -0.2) is 0 Å². The van der Waals surface area contributed by atoms with Crippen molar-refractivity contribution in [2.75, 3.05) is 20.8 Å². The fourth-order valence-electron chi connectivity index (χ4n) is 3.38. The highest BCUT2D eigenvalue weighted by Crippen LogP contribution is 2.28. The van der Waals surface area contributed by atoms with Gasteiger partial charge in [0.25, 0.3) is 0 Å². The molecule has 0 radical (unpaired) electrons. The fourth-order valence-corrected chi connectivity index (χ4v) is 3.83. The Labute approximate surface area is 199 Å². The Morgan fingerprint density at radius 2 is 1.81 bits per heavy atom. The average Bonchev–Trinajstić information content (AvgIpc) is 2.80. The van der Waals surface area contributed by atoms with Gasteiger partial charge in [0.05, 0.1) is 14.2 Å². The lowest BCUT2D eigenvalue weighted by molar-refractivity contribution is -0.140. The molecule has 2 rings (SSSR count). The summed E-state index contributed by atoms with van der Waals surface area (Å²) in [7, 11) is 3.18. The number of carbonyl (C=O) groups is 2. The number of aryl methyl sites for hydroxylation is 1. The van der Waals surface area contributed by atoms with Gasteiger partial charge in [0.15, 0.2) is 11.5 Å². The molecule has 0 saturated heterocycles. The van der Waals surface area contributed by atoms with E-state index in [4.69, 9.17) is 9.47 Å². The quantitative estimate of drug-likeness (QED) is 0.424. The van der Waals surface area contributed by atoms with Crippen LogP contribution in [0.3, 0.4) is 0 Å². The molecule has 0 aromatic heterocycles. The number of rotatable bonds is 12. The van der Waals surface area contributed by atoms with Gasteiger partial charge in [-0.15, -0.1) is 0 Å². The van der Waals surface area contributed by atoms with Crippen molar-refractivity contribution in [3.63, 3.8) is 0 Å². The molecule has 0 bridgehead atoms. The zero-order chi connectivity index (χ0) is 23.5. The first kappa shape index (κ1) is 25.7. The number of nitrogens with one attached hydrogen (secondary N) is 1. The van der Waals surface area contributed by atoms with Crippen LogP contribution in [0.2, 0.25) is 0 Å². The van der Waals surface area contributed by atoms with Gasteiger partial charge in [-0.3, -0.25) is 9.59 Å². The van der Waals surface area contributed by atoms with Crippen molar-refractivity contribution in [3.05, 3.63) is 58.1 Å². The molecule has 0 aliphatic carbocycles. The molecule has 1 N–H and O–H groups in total. The number of hydrogen-bond donors (Lipinski definition) is 1. The van der Waals surface area contributed by atoms with E-state index in [1.165, 1.54) is 0 Å². The Hall–Kier alpha value is -2.54. The lowest BCUT2D eigenvalue weighted by Crippen LogP contribution is -2.47. The number of benzene rings is 2. The third-order valence-electron chi connectivity index (χ3n) is 5.31. The van der Waals surface area contributed by atoms with Crippen molar-refractivity contribution in [1.29, 1.82) is 0 Å². The molecule has 2 aromatic rings. The molecule has 2 aromatic carbocycles. The number of ether oxygens (including phenoxy) is 2. The summed E-state index contributed by atoms with van der Waals surface area (Å²) in [5, 5.41) is 2.94. The normalized spacial score (nSPS) is 11.5. The first-order valence-electron chi connectivity index (χ1n) is 10.9. The molecule has 1 unspecified atom stereocenters. The van der Waals surface area contributed by atoms with Crippen LogP contribution in [-0.2, 0) is 22.6 Å². The van der Waals surface area contributed by atoms with Gasteiger partial charge < -0.3 is 19.7 Å². The van der Waals surface area contributed by atoms with Crippen LogP contribution in [0.5, 0.6) is 11.5 Å². The lowest BCUT2D eigenvalue weighted by atomic mass is 10.1. The van der Waals surface area contributed by atoms with E-state index < -0.39 is 6.04 Å². The van der Waals surface area contributed by atoms with Crippen LogP contribution in [0, 0.1) is 0 Å². The second-order valence-electron chi connectivity index (χ2n) is 7.66. The van der Waals surface area contributed by atoms with Crippen LogP contribution < -0.4 is 14.8 Å². The van der Waals surface area contributed by atoms with E-state index >= 15 is 0 Å². The number of unbranched alkanes of at least 4 members (excludes halogenated alkanes) is 1. The molecule has 0 saturated carbocycles. The van der Waals surface area contributed by atoms with E-state index in [0.29, 0.717) is 31.0 Å². The molecule has 7 heteroatoms. The van der Waals surface area contributed by atoms with Crippen molar-refractivity contribution in [2.45, 2.75) is 52.1 Å². The van der Waals surface area contributed by atoms with E-state index in [-0.39, 0.29) is 18.2 Å². The Kier molecular flexibility index (Phi) is 10.5. The number of amides is 2. The molecule has 174 valence electrons. The van der Waals surface area contributed by atoms with Gasteiger partial charge in [0, 0.05) is 24.0 Å². The van der Waals surface area contributed by atoms with E-state index in [1.807, 2.05) is 42.5 Å². The number of methoxy groups -OCH3 is 2. The Balaban J connectivity index is 2.14. The molecule has 0 fully saturated rings. The highest BCUT2D eigenvalue weighted by molar-refractivity contribution is 9.10. The molecule has 32 heavy (non-hydrogen) atoms. The molecule has 0 aliphatic rings. The minimum Gasteiger partial charge on any atom is -0.493 e. The maximum Gasteiger partial charge on any atom is 0.242 e. The van der Waals surface area contributed by atoms with Gasteiger partial charge in [0.1, 0.15) is 6.04 Å². The van der Waals surface area contributed by atoms with Gasteiger partial charge in [-0.05, 0) is 55.2 Å². The first-order chi connectivity index (χ1) is 15.4. The monoisotopic (exact) mass is 504 g/mol. The Morgan fingerprint density at radius 3 is 2.47 bits per heavy atom. The summed E-state index contributed by atoms with van der Waals surface area (Å²) < 4.78 is 11.6. The summed E-state index contributed by atoms with van der Waals surface area (Å²) in [5.74, 6) is 1.08. The summed E-state index contributed by atoms with van der Waals surface area (Å²) >= 11 is 3.48. The maximum atomic E-state index is 13.2. The van der Waals surface area contributed by atoms with Crippen LogP contribution in [0.1, 0.15) is 44.2 Å². The van der Waals surface area contributed by atoms with Crippen LogP contribution >= 0.6 is 15.9 Å². The van der Waals surface area contributed by atoms with Crippen molar-refractivity contribution in [2.24, 2.45) is 0 Å². The smallest absolute Gasteiger partial charge is 0.242 e. The van der Waals surface area contributed by atoms with Crippen LogP contribution in [-0.4, -0.2) is 43.5 Å². The summed E-state index contributed by atoms with van der Waals surface area (Å²) in [4.78, 5) is 27.6. The summed E-state index contributed by atoms with van der Waals surface area (Å²) in [6.07, 6.45) is 2.74. The number of hydrogen-bond acceptors (Lipinski definition) is 4. The zero-order valence-electron chi connectivity index (χ0n) is 19.3. The highest BCUT2D eigenvalue weighted by Gasteiger charge is 2.26. The van der Waals surface area contributed by atoms with Gasteiger partial charge in [-0.1, -0.05) is 47.5 Å². The van der Waals surface area contributed by atoms with Crippen LogP contribution in [0.15, 0.2) is 46.9 Å². The second kappa shape index (κ2) is 13.1. The summed E-state index contributed by atoms with van der Waals surface area (Å²) in [6.45, 7) is 4.84. The molecular weight excluding hydrogens is 472 g/mol. The highest BCUT2D eigenvalue weighted by atomic mass is 79.9. The molecular formula is C25H33BrN2O4. The Morgan fingerprint density at radius 1 is 1.06 bits per heavy atom. The maximum absolute atomic E-state index is 13.2. The standard InChI is InChI=1S/C25H33BrN2O4/c1-5-6-14-27-25(30)18(2)28(17-20-8-7-9-21(26)15-20)24(29)13-11-19-10-12-22(31-3)23(16-19)32-4/h7-10,12,15-16,18H,5-6,11,13-14,17H2,1-4H3,(H,27,30). The average molecular weight is 505 g/mol. The summed E-state index contributed by atoms with van der Waals surface area (Å²) in [6, 6.07) is 12.9. The topological polar surface area (TPSA) is 67.9 Å². The third kappa shape index (κ3) is 7.55. The third-order valence-corrected chi connectivity index (χ3v) is 5.81. The fraction of sp³-hybridized carbons (Fsp3) is 0.440. The molecule has 6 nitrogen and oxygen atoms in total. The zero-order valence-corrected chi connectivity index (χ0v) is 20.9. The van der Waals surface area contributed by atoms with Crippen LogP contribution in [0.4, 0.5) is 0 Å². The largest absolute Gasteiger partial charge is 0.493 e. The minimum atomic E-state index is -0.566. The number of halogens is 1. The van der Waals surface area contributed by atoms with Gasteiger partial charge in [-0.2, -0.15) is 0 Å². The molecule has 2 amide bonds. The van der Waals surface area contributed by atoms with Crippen LogP contribution in [0.25, 0.3) is 0 Å². The Bertz CT molecular complexity index is 903. The molecule has 0 aliphatic heterocycles. The van der Waals surface area contributed by atoms with Crippen molar-refractivity contribution in [3.8, 4) is 11.5 Å². The number of carbonyl (C=O) groups excluding carboxylic acids is 2. The predicted octanol–water partition coefficient (Wildman–Crippen LogP) is 4.73. The lowest BCUT2D eigenvalue weighted by Gasteiger charge is -2.29. The van der Waals surface area contributed by atoms with Crippen molar-refractivity contribution < 1.29 is 19.1 Å². The van der Waals surface area contributed by atoms with E-state index in [1.54, 1.807) is 26.0 Å². The van der Waals surface area contributed by atoms with E-state index in [2.05, 4.69) is 28.2 Å². The van der Waals surface area contributed by atoms with E-state index in [9.17, 15) is 9.59 Å². The molecule has 0 heterocycles. The molecule has 1 atom stereocenters. The number of nitrogens with zero attached hydrogens (tertiary/aromatic N) is 1. The van der Waals surface area contributed by atoms with Gasteiger partial charge in [0.2, 0.25) is 11.8 Å². The molecule has 0 spiro atoms. The minimum absolute atomic E-state index is 0.0714. The van der Waals surface area contributed by atoms with Crippen molar-refractivity contribution >= 4 is 27.7 Å². The van der Waals surface area contributed by atoms with Gasteiger partial charge >= 0.3 is 0 Å². The first-order valence-corrected chi connectivity index (χ1v) is 11.7. The van der Waals surface area contributed by atoms with Crippen molar-refractivity contribution in [1.82, 2.24) is 10.2 Å². The van der Waals surface area contributed by atoms with E-state index in [0.717, 1.165) is 28.4 Å². The summed E-state index contributed by atoms with van der Waals surface area (Å²) in [5.41, 5.74) is 1.94. The predicted molar refractivity (Wildman–Crippen MR) is 130 cm³/mol. The second-order valence-corrected chi connectivity index (χ2v) is 8.58. The SMILES string of the molecule is CCCCNC(=O)C(C)N(Cc1cccc(Br)c1)C(=O)CCc1ccc(OC)c(OC)c1.